The molecular weight excluding hydrogens is 262 g/mol. The quantitative estimate of drug-likeness (QED) is 0.584. The molecule has 1 saturated heterocycles. The van der Waals surface area contributed by atoms with E-state index in [1.54, 1.807) is 0 Å². The van der Waals surface area contributed by atoms with Gasteiger partial charge in [0.15, 0.2) is 0 Å². The van der Waals surface area contributed by atoms with Crippen molar-refractivity contribution in [2.75, 3.05) is 4.90 Å². The van der Waals surface area contributed by atoms with Crippen molar-refractivity contribution in [1.82, 2.24) is 0 Å². The average molecular weight is 277 g/mol. The smallest absolute Gasteiger partial charge is 0.238 e. The number of carbonyl (C=O) groups is 2. The maximum Gasteiger partial charge on any atom is 0.238 e. The number of hydrogen-bond donors (Lipinski definition) is 0. The SMILES string of the molecule is O=C1[C@@H]2[C@H]3C=C[C@@H]([C@@H]4C=C[C@H]43)[C@@H]2C(=O)N1c1ccccc1. The lowest BCUT2D eigenvalue weighted by Gasteiger charge is -2.51. The predicted molar refractivity (Wildman–Crippen MR) is 78.2 cm³/mol. The van der Waals surface area contributed by atoms with Crippen molar-refractivity contribution in [2.24, 2.45) is 35.5 Å². The molecule has 6 rings (SSSR count). The molecule has 1 aromatic rings. The van der Waals surface area contributed by atoms with Gasteiger partial charge in [0.1, 0.15) is 0 Å². The molecule has 2 bridgehead atoms. The monoisotopic (exact) mass is 277 g/mol. The van der Waals surface area contributed by atoms with Gasteiger partial charge in [-0.1, -0.05) is 42.5 Å². The number of benzene rings is 1. The van der Waals surface area contributed by atoms with Crippen LogP contribution in [-0.2, 0) is 9.59 Å². The van der Waals surface area contributed by atoms with Crippen molar-refractivity contribution in [2.45, 2.75) is 0 Å². The van der Waals surface area contributed by atoms with Gasteiger partial charge in [-0.3, -0.25) is 14.5 Å². The molecule has 1 heterocycles. The molecule has 2 amide bonds. The van der Waals surface area contributed by atoms with Gasteiger partial charge < -0.3 is 0 Å². The Labute approximate surface area is 122 Å². The van der Waals surface area contributed by atoms with Gasteiger partial charge in [-0.15, -0.1) is 0 Å². The Bertz CT molecular complexity index is 665. The fraction of sp³-hybridized carbons (Fsp3) is 0.333. The highest BCUT2D eigenvalue weighted by Gasteiger charge is 2.62. The fourth-order valence-electron chi connectivity index (χ4n) is 4.72. The van der Waals surface area contributed by atoms with Gasteiger partial charge in [0.25, 0.3) is 0 Å². The summed E-state index contributed by atoms with van der Waals surface area (Å²) in [5, 5.41) is 0. The highest BCUT2D eigenvalue weighted by atomic mass is 16.2. The van der Waals surface area contributed by atoms with Crippen molar-refractivity contribution in [3.05, 3.63) is 54.6 Å². The van der Waals surface area contributed by atoms with E-state index in [4.69, 9.17) is 0 Å². The Balaban J connectivity index is 1.61. The third kappa shape index (κ3) is 1.25. The Morgan fingerprint density at radius 3 is 1.62 bits per heavy atom. The van der Waals surface area contributed by atoms with Crippen LogP contribution in [0, 0.1) is 35.5 Å². The van der Waals surface area contributed by atoms with Gasteiger partial charge in [-0.05, 0) is 35.8 Å². The Hall–Kier alpha value is -2.16. The molecule has 0 radical (unpaired) electrons. The molecule has 104 valence electrons. The van der Waals surface area contributed by atoms with Crippen molar-refractivity contribution in [3.63, 3.8) is 0 Å². The molecule has 0 N–H and O–H groups in total. The van der Waals surface area contributed by atoms with E-state index < -0.39 is 0 Å². The normalized spacial score (nSPS) is 42.0. The third-order valence-corrected chi connectivity index (χ3v) is 5.69. The standard InChI is InChI=1S/C18H15NO2/c20-17-15-13-8-9-14(12-7-6-11(12)13)16(15)18(21)19(17)10-4-2-1-3-5-10/h1-9,11-16H/t11-,12-,13+,14+,15-,16+/m1/s1. The van der Waals surface area contributed by atoms with Crippen LogP contribution < -0.4 is 4.90 Å². The van der Waals surface area contributed by atoms with Gasteiger partial charge in [0.05, 0.1) is 17.5 Å². The van der Waals surface area contributed by atoms with E-state index in [1.807, 2.05) is 30.3 Å². The molecule has 0 aromatic heterocycles. The van der Waals surface area contributed by atoms with E-state index in [-0.39, 0.29) is 35.5 Å². The van der Waals surface area contributed by atoms with Crippen molar-refractivity contribution in [3.8, 4) is 0 Å². The molecule has 21 heavy (non-hydrogen) atoms. The summed E-state index contributed by atoms with van der Waals surface area (Å²) in [6.45, 7) is 0. The summed E-state index contributed by atoms with van der Waals surface area (Å²) in [4.78, 5) is 27.2. The summed E-state index contributed by atoms with van der Waals surface area (Å²) < 4.78 is 0. The van der Waals surface area contributed by atoms with E-state index in [0.717, 1.165) is 0 Å². The minimum atomic E-state index is -0.154. The van der Waals surface area contributed by atoms with Crippen LogP contribution in [0.5, 0.6) is 0 Å². The summed E-state index contributed by atoms with van der Waals surface area (Å²) in [7, 11) is 0. The Morgan fingerprint density at radius 1 is 0.667 bits per heavy atom. The van der Waals surface area contributed by atoms with Crippen LogP contribution in [0.4, 0.5) is 5.69 Å². The van der Waals surface area contributed by atoms with E-state index in [0.29, 0.717) is 17.5 Å². The maximum absolute atomic E-state index is 12.9. The van der Waals surface area contributed by atoms with Crippen molar-refractivity contribution in [1.29, 1.82) is 0 Å². The van der Waals surface area contributed by atoms with Crippen LogP contribution in [0.15, 0.2) is 54.6 Å². The van der Waals surface area contributed by atoms with E-state index >= 15 is 0 Å². The predicted octanol–water partition coefficient (Wildman–Crippen LogP) is 2.41. The molecular formula is C18H15NO2. The van der Waals surface area contributed by atoms with Crippen molar-refractivity contribution >= 4 is 17.5 Å². The number of rotatable bonds is 1. The van der Waals surface area contributed by atoms with Gasteiger partial charge >= 0.3 is 0 Å². The molecule has 6 atom stereocenters. The highest BCUT2D eigenvalue weighted by Crippen LogP contribution is 2.58. The molecule has 5 aliphatic rings. The van der Waals surface area contributed by atoms with Gasteiger partial charge in [0, 0.05) is 0 Å². The first-order chi connectivity index (χ1) is 10.3. The molecule has 1 aromatic carbocycles. The summed E-state index contributed by atoms with van der Waals surface area (Å²) in [6.07, 6.45) is 8.78. The molecule has 2 fully saturated rings. The first-order valence-electron chi connectivity index (χ1n) is 7.57. The molecule has 0 unspecified atom stereocenters. The topological polar surface area (TPSA) is 37.4 Å². The zero-order valence-corrected chi connectivity index (χ0v) is 11.4. The first-order valence-corrected chi connectivity index (χ1v) is 7.57. The Kier molecular flexibility index (Phi) is 2.04. The minimum absolute atomic E-state index is 0.00528. The van der Waals surface area contributed by atoms with Crippen LogP contribution in [0.25, 0.3) is 0 Å². The second-order valence-electron chi connectivity index (χ2n) is 6.48. The van der Waals surface area contributed by atoms with Gasteiger partial charge in [0.2, 0.25) is 11.8 Å². The fourth-order valence-corrected chi connectivity index (χ4v) is 4.72. The van der Waals surface area contributed by atoms with Crippen LogP contribution in [0.3, 0.4) is 0 Å². The maximum atomic E-state index is 12.9. The number of imide groups is 1. The van der Waals surface area contributed by atoms with Crippen LogP contribution >= 0.6 is 0 Å². The molecule has 3 nitrogen and oxygen atoms in total. The van der Waals surface area contributed by atoms with E-state index in [1.165, 1.54) is 4.90 Å². The summed E-state index contributed by atoms with van der Waals surface area (Å²) in [5.41, 5.74) is 0.710. The lowest BCUT2D eigenvalue weighted by atomic mass is 9.50. The van der Waals surface area contributed by atoms with Gasteiger partial charge in [-0.25, -0.2) is 0 Å². The number of allylic oxidation sites excluding steroid dienone is 4. The first kappa shape index (κ1) is 11.5. The molecule has 0 spiro atoms. The number of carbonyl (C=O) groups excluding carboxylic acids is 2. The number of anilines is 1. The lowest BCUT2D eigenvalue weighted by Crippen LogP contribution is -2.50. The highest BCUT2D eigenvalue weighted by molar-refractivity contribution is 6.22. The molecule has 3 heteroatoms. The lowest BCUT2D eigenvalue weighted by molar-refractivity contribution is -0.127. The second-order valence-corrected chi connectivity index (χ2v) is 6.48. The summed E-state index contributed by atoms with van der Waals surface area (Å²) in [6, 6.07) is 9.33. The zero-order chi connectivity index (χ0) is 14.1. The summed E-state index contributed by atoms with van der Waals surface area (Å²) in [5.74, 6) is 1.03. The number of hydrogen-bond acceptors (Lipinski definition) is 2. The number of amides is 2. The second kappa shape index (κ2) is 3.73. The molecule has 1 aliphatic heterocycles. The number of nitrogens with zero attached hydrogens (tertiary/aromatic N) is 1. The third-order valence-electron chi connectivity index (χ3n) is 5.69. The van der Waals surface area contributed by atoms with E-state index in [9.17, 15) is 9.59 Å². The Morgan fingerprint density at radius 2 is 1.14 bits per heavy atom. The van der Waals surface area contributed by atoms with Crippen LogP contribution in [-0.4, -0.2) is 11.8 Å². The zero-order valence-electron chi connectivity index (χ0n) is 11.4. The minimum Gasteiger partial charge on any atom is -0.274 e. The number of para-hydroxylation sites is 1. The van der Waals surface area contributed by atoms with Crippen molar-refractivity contribution < 1.29 is 9.59 Å². The average Bonchev–Trinajstić information content (AvgIpc) is 2.73. The summed E-state index contributed by atoms with van der Waals surface area (Å²) >= 11 is 0. The van der Waals surface area contributed by atoms with Crippen LogP contribution in [0.2, 0.25) is 0 Å². The van der Waals surface area contributed by atoms with E-state index in [2.05, 4.69) is 24.3 Å². The molecule has 1 saturated carbocycles. The van der Waals surface area contributed by atoms with Gasteiger partial charge in [-0.2, -0.15) is 0 Å². The largest absolute Gasteiger partial charge is 0.274 e. The van der Waals surface area contributed by atoms with Crippen LogP contribution in [0.1, 0.15) is 0 Å². The molecule has 4 aliphatic carbocycles.